The van der Waals surface area contributed by atoms with Gasteiger partial charge in [-0.05, 0) is 71.2 Å². The van der Waals surface area contributed by atoms with E-state index < -0.39 is 17.3 Å². The third-order valence-corrected chi connectivity index (χ3v) is 8.66. The van der Waals surface area contributed by atoms with Crippen molar-refractivity contribution < 1.29 is 22.4 Å². The molecule has 51 heavy (non-hydrogen) atoms. The van der Waals surface area contributed by atoms with Crippen LogP contribution in [0.5, 0.6) is 0 Å². The van der Waals surface area contributed by atoms with Gasteiger partial charge < -0.3 is 14.4 Å². The summed E-state index contributed by atoms with van der Waals surface area (Å²) in [6.45, 7) is 7.05. The molecule has 0 saturated heterocycles. The van der Waals surface area contributed by atoms with E-state index in [0.717, 1.165) is 41.9 Å². The molecule has 3 aromatic carbocycles. The van der Waals surface area contributed by atoms with Gasteiger partial charge in [-0.15, -0.1) is 0 Å². The quantitative estimate of drug-likeness (QED) is 0.118. The Morgan fingerprint density at radius 3 is 2.08 bits per heavy atom. The molecule has 0 aliphatic rings. The van der Waals surface area contributed by atoms with E-state index in [1.807, 2.05) is 30.5 Å². The monoisotopic (exact) mass is 700 g/mol. The number of hydrogen-bond acceptors (Lipinski definition) is 5. The molecule has 0 atom stereocenters. The van der Waals surface area contributed by atoms with Gasteiger partial charge in [0.2, 0.25) is 5.91 Å². The second kappa shape index (κ2) is 16.6. The van der Waals surface area contributed by atoms with Crippen LogP contribution in [0.3, 0.4) is 0 Å². The number of likely N-dealkylation sites (N-methyl/N-ethyl adjacent to an activating group) is 1. The van der Waals surface area contributed by atoms with Gasteiger partial charge in [0.25, 0.3) is 5.56 Å². The van der Waals surface area contributed by atoms with Gasteiger partial charge in [-0.1, -0.05) is 68.5 Å². The number of amides is 1. The Morgan fingerprint density at radius 1 is 0.843 bits per heavy atom. The molecule has 0 spiro atoms. The van der Waals surface area contributed by atoms with E-state index >= 15 is 0 Å². The van der Waals surface area contributed by atoms with Crippen LogP contribution in [-0.2, 0) is 37.5 Å². The van der Waals surface area contributed by atoms with Crippen LogP contribution in [0.1, 0.15) is 47.5 Å². The molecule has 0 saturated carbocycles. The molecular formula is C39H40F4N6O2. The van der Waals surface area contributed by atoms with Crippen molar-refractivity contribution in [3.8, 4) is 11.1 Å². The third-order valence-electron chi connectivity index (χ3n) is 8.66. The van der Waals surface area contributed by atoms with Crippen LogP contribution in [0.25, 0.3) is 23.3 Å². The highest BCUT2D eigenvalue weighted by molar-refractivity contribution is 5.77. The van der Waals surface area contributed by atoms with E-state index in [-0.39, 0.29) is 30.5 Å². The predicted octanol–water partition coefficient (Wildman–Crippen LogP) is 6.93. The van der Waals surface area contributed by atoms with Crippen molar-refractivity contribution in [1.82, 2.24) is 29.1 Å². The summed E-state index contributed by atoms with van der Waals surface area (Å²) in [5.74, 6) is -0.285. The topological polar surface area (TPSA) is 76.3 Å². The molecule has 2 aromatic heterocycles. The van der Waals surface area contributed by atoms with Gasteiger partial charge in [0.05, 0.1) is 11.8 Å². The number of aromatic nitrogens is 4. The SMILES string of the molecule is CCN(CC)CCN(Cc1ccc(-c2ccc(C(F)(F)F)cc2)cc1)C(=O)Cn1cc(Cc2cnn(C)c2)c(=O)nc1/C=C/c1ccc(F)cc1. The summed E-state index contributed by atoms with van der Waals surface area (Å²) >= 11 is 0. The second-order valence-electron chi connectivity index (χ2n) is 12.3. The molecule has 0 N–H and O–H groups in total. The van der Waals surface area contributed by atoms with Gasteiger partial charge in [0.1, 0.15) is 18.2 Å². The van der Waals surface area contributed by atoms with E-state index in [0.29, 0.717) is 36.3 Å². The highest BCUT2D eigenvalue weighted by Crippen LogP contribution is 2.31. The van der Waals surface area contributed by atoms with Gasteiger partial charge in [-0.2, -0.15) is 23.3 Å². The van der Waals surface area contributed by atoms with E-state index in [9.17, 15) is 27.2 Å². The average Bonchev–Trinajstić information content (AvgIpc) is 3.53. The van der Waals surface area contributed by atoms with Gasteiger partial charge >= 0.3 is 6.18 Å². The fraction of sp³-hybridized carbons (Fsp3) is 0.282. The molecule has 2 heterocycles. The van der Waals surface area contributed by atoms with Crippen molar-refractivity contribution in [2.45, 2.75) is 39.5 Å². The normalized spacial score (nSPS) is 11.8. The van der Waals surface area contributed by atoms with E-state index in [2.05, 4.69) is 28.8 Å². The van der Waals surface area contributed by atoms with Gasteiger partial charge in [0, 0.05) is 51.1 Å². The number of aryl methyl sites for hydroxylation is 1. The highest BCUT2D eigenvalue weighted by Gasteiger charge is 2.30. The minimum absolute atomic E-state index is 0.0989. The Hall–Kier alpha value is -5.36. The Bertz CT molecular complexity index is 2000. The third kappa shape index (κ3) is 10.1. The van der Waals surface area contributed by atoms with Gasteiger partial charge in [-0.25, -0.2) is 4.39 Å². The van der Waals surface area contributed by atoms with Crippen molar-refractivity contribution in [1.29, 1.82) is 0 Å². The summed E-state index contributed by atoms with van der Waals surface area (Å²) in [5, 5.41) is 4.19. The van der Waals surface area contributed by atoms with Gasteiger partial charge in [-0.3, -0.25) is 14.3 Å². The summed E-state index contributed by atoms with van der Waals surface area (Å²) < 4.78 is 56.0. The number of rotatable bonds is 14. The smallest absolute Gasteiger partial charge is 0.336 e. The molecule has 5 rings (SSSR count). The van der Waals surface area contributed by atoms with Crippen LogP contribution in [0.4, 0.5) is 17.6 Å². The lowest BCUT2D eigenvalue weighted by molar-refractivity contribution is -0.137. The fourth-order valence-corrected chi connectivity index (χ4v) is 5.67. The first-order chi connectivity index (χ1) is 24.4. The van der Waals surface area contributed by atoms with Crippen molar-refractivity contribution in [2.75, 3.05) is 26.2 Å². The van der Waals surface area contributed by atoms with Crippen LogP contribution in [-0.4, -0.2) is 61.2 Å². The first-order valence-corrected chi connectivity index (χ1v) is 16.7. The summed E-state index contributed by atoms with van der Waals surface area (Å²) in [7, 11) is 1.79. The highest BCUT2D eigenvalue weighted by atomic mass is 19.4. The zero-order chi connectivity index (χ0) is 36.5. The summed E-state index contributed by atoms with van der Waals surface area (Å²) in [5.41, 5.74) is 3.06. The Morgan fingerprint density at radius 2 is 1.49 bits per heavy atom. The Balaban J connectivity index is 1.42. The molecule has 0 aliphatic heterocycles. The number of carbonyl (C=O) groups is 1. The van der Waals surface area contributed by atoms with Crippen molar-refractivity contribution in [2.24, 2.45) is 7.05 Å². The van der Waals surface area contributed by atoms with Crippen LogP contribution in [0, 0.1) is 5.82 Å². The van der Waals surface area contributed by atoms with Crippen LogP contribution in [0.15, 0.2) is 96.2 Å². The number of halogens is 4. The van der Waals surface area contributed by atoms with Crippen molar-refractivity contribution in [3.63, 3.8) is 0 Å². The summed E-state index contributed by atoms with van der Waals surface area (Å²) in [6.07, 6.45) is 4.37. The second-order valence-corrected chi connectivity index (χ2v) is 12.3. The number of carbonyl (C=O) groups excluding carboxylic acids is 1. The van der Waals surface area contributed by atoms with E-state index in [1.165, 1.54) is 24.3 Å². The minimum Gasteiger partial charge on any atom is -0.336 e. The van der Waals surface area contributed by atoms with Crippen molar-refractivity contribution >= 4 is 18.1 Å². The lowest BCUT2D eigenvalue weighted by Gasteiger charge is -2.27. The predicted molar refractivity (Wildman–Crippen MR) is 190 cm³/mol. The van der Waals surface area contributed by atoms with Crippen LogP contribution >= 0.6 is 0 Å². The van der Waals surface area contributed by atoms with Crippen LogP contribution < -0.4 is 5.56 Å². The standard InChI is InChI=1S/C39H40F4N6O2/c1-4-47(5-2)20-21-48(25-29-6-11-31(12-7-29)32-13-15-34(16-14-32)39(41,42)43)37(50)27-49-26-33(22-30-23-44-46(3)24-30)38(51)45-36(49)19-10-28-8-17-35(40)18-9-28/h6-19,23-24,26H,4-5,20-22,25,27H2,1-3H3/b19-10+. The lowest BCUT2D eigenvalue weighted by atomic mass is 10.0. The molecular weight excluding hydrogens is 660 g/mol. The molecule has 0 radical (unpaired) electrons. The summed E-state index contributed by atoms with van der Waals surface area (Å²) in [6, 6.07) is 18.3. The molecule has 0 fully saturated rings. The number of benzene rings is 3. The maximum Gasteiger partial charge on any atom is 0.416 e. The zero-order valence-corrected chi connectivity index (χ0v) is 28.8. The van der Waals surface area contributed by atoms with Gasteiger partial charge in [0.15, 0.2) is 0 Å². The number of alkyl halides is 3. The minimum atomic E-state index is -4.41. The first-order valence-electron chi connectivity index (χ1n) is 16.7. The molecule has 5 aromatic rings. The number of hydrogen-bond donors (Lipinski definition) is 0. The molecule has 0 unspecified atom stereocenters. The lowest BCUT2D eigenvalue weighted by Crippen LogP contribution is -2.40. The molecule has 1 amide bonds. The Labute approximate surface area is 294 Å². The average molecular weight is 701 g/mol. The summed E-state index contributed by atoms with van der Waals surface area (Å²) in [4.78, 5) is 35.6. The Kier molecular flexibility index (Phi) is 12.0. The molecule has 266 valence electrons. The fourth-order valence-electron chi connectivity index (χ4n) is 5.67. The van der Waals surface area contributed by atoms with E-state index in [1.54, 1.807) is 57.9 Å². The molecule has 8 nitrogen and oxygen atoms in total. The number of nitrogens with zero attached hydrogens (tertiary/aromatic N) is 6. The first kappa shape index (κ1) is 36.9. The van der Waals surface area contributed by atoms with Crippen LogP contribution in [0.2, 0.25) is 0 Å². The molecule has 0 bridgehead atoms. The largest absolute Gasteiger partial charge is 0.416 e. The molecule has 12 heteroatoms. The molecule has 0 aliphatic carbocycles. The zero-order valence-electron chi connectivity index (χ0n) is 28.8. The van der Waals surface area contributed by atoms with Crippen molar-refractivity contribution in [3.05, 3.63) is 141 Å². The maximum atomic E-state index is 14.1. The van der Waals surface area contributed by atoms with E-state index in [4.69, 9.17) is 0 Å². The maximum absolute atomic E-state index is 14.1.